The lowest BCUT2D eigenvalue weighted by Gasteiger charge is -2.35. The second-order valence-corrected chi connectivity index (χ2v) is 8.92. The van der Waals surface area contributed by atoms with E-state index in [1.54, 1.807) is 6.21 Å². The summed E-state index contributed by atoms with van der Waals surface area (Å²) in [6.07, 6.45) is 2.23. The van der Waals surface area contributed by atoms with E-state index in [0.717, 1.165) is 22.3 Å². The van der Waals surface area contributed by atoms with E-state index in [2.05, 4.69) is 26.0 Å². The molecule has 34 heavy (non-hydrogen) atoms. The highest BCUT2D eigenvalue weighted by Gasteiger charge is 2.40. The van der Waals surface area contributed by atoms with Crippen molar-refractivity contribution >= 4 is 6.21 Å². The summed E-state index contributed by atoms with van der Waals surface area (Å²) in [4.78, 5) is 4.94. The summed E-state index contributed by atoms with van der Waals surface area (Å²) >= 11 is 0. The van der Waals surface area contributed by atoms with Gasteiger partial charge in [-0.25, -0.2) is 0 Å². The quantitative estimate of drug-likeness (QED) is 0.302. The van der Waals surface area contributed by atoms with Crippen LogP contribution in [0.3, 0.4) is 0 Å². The Balaban J connectivity index is 1.85. The van der Waals surface area contributed by atoms with Crippen molar-refractivity contribution in [1.82, 2.24) is 0 Å². The molecule has 0 amide bonds. The Hall–Kier alpha value is -3.69. The van der Waals surface area contributed by atoms with Crippen LogP contribution in [0.5, 0.6) is 5.75 Å². The Morgan fingerprint density at radius 2 is 1.26 bits per heavy atom. The van der Waals surface area contributed by atoms with Crippen LogP contribution < -0.4 is 0 Å². The molecule has 0 radical (unpaired) electrons. The lowest BCUT2D eigenvalue weighted by atomic mass is 9.78. The van der Waals surface area contributed by atoms with Gasteiger partial charge in [-0.15, -0.1) is 0 Å². The second-order valence-electron chi connectivity index (χ2n) is 8.92. The molecule has 2 N–H and O–H groups in total. The molecule has 0 saturated heterocycles. The molecule has 0 aliphatic rings. The van der Waals surface area contributed by atoms with Crippen LogP contribution in [0.4, 0.5) is 0 Å². The molecule has 0 spiro atoms. The largest absolute Gasteiger partial charge is 0.507 e. The Kier molecular flexibility index (Phi) is 7.24. The molecule has 0 bridgehead atoms. The van der Waals surface area contributed by atoms with E-state index in [9.17, 15) is 10.2 Å². The molecule has 172 valence electrons. The topological polar surface area (TPSA) is 52.8 Å². The van der Waals surface area contributed by atoms with Crippen LogP contribution in [0.15, 0.2) is 114 Å². The molecular formula is C31H31NO2. The smallest absolute Gasteiger partial charge is 0.137 e. The average Bonchev–Trinajstić information content (AvgIpc) is 2.88. The summed E-state index contributed by atoms with van der Waals surface area (Å²) < 4.78 is 0. The number of nitrogens with zero attached hydrogens (tertiary/aromatic N) is 1. The molecular weight excluding hydrogens is 418 g/mol. The second kappa shape index (κ2) is 10.5. The van der Waals surface area contributed by atoms with Crippen molar-refractivity contribution in [2.24, 2.45) is 4.99 Å². The summed E-state index contributed by atoms with van der Waals surface area (Å²) in [6.45, 7) is 4.11. The number of aromatic hydroxyl groups is 1. The first-order valence-corrected chi connectivity index (χ1v) is 11.7. The zero-order valence-corrected chi connectivity index (χ0v) is 19.7. The van der Waals surface area contributed by atoms with E-state index in [-0.39, 0.29) is 11.7 Å². The van der Waals surface area contributed by atoms with Crippen molar-refractivity contribution in [1.29, 1.82) is 0 Å². The third-order valence-electron chi connectivity index (χ3n) is 6.30. The van der Waals surface area contributed by atoms with Crippen LogP contribution >= 0.6 is 0 Å². The molecule has 0 aromatic heterocycles. The number of phenolic OH excluding ortho intramolecular Hbond substituents is 1. The number of phenols is 1. The third kappa shape index (κ3) is 4.95. The van der Waals surface area contributed by atoms with Crippen LogP contribution in [-0.4, -0.2) is 22.5 Å². The average molecular weight is 450 g/mol. The van der Waals surface area contributed by atoms with E-state index in [1.165, 1.54) is 0 Å². The molecule has 4 aromatic carbocycles. The fraction of sp³-hybridized carbons (Fsp3) is 0.194. The molecule has 4 aromatic rings. The van der Waals surface area contributed by atoms with Crippen molar-refractivity contribution < 1.29 is 10.2 Å². The Morgan fingerprint density at radius 1 is 0.735 bits per heavy atom. The van der Waals surface area contributed by atoms with Gasteiger partial charge in [0.25, 0.3) is 0 Å². The van der Waals surface area contributed by atoms with Gasteiger partial charge in [0.15, 0.2) is 0 Å². The monoisotopic (exact) mass is 449 g/mol. The number of aliphatic hydroxyl groups is 1. The third-order valence-corrected chi connectivity index (χ3v) is 6.30. The summed E-state index contributed by atoms with van der Waals surface area (Å²) in [5.41, 5.74) is 2.80. The number of hydrogen-bond donors (Lipinski definition) is 2. The minimum atomic E-state index is -1.36. The summed E-state index contributed by atoms with van der Waals surface area (Å²) in [7, 11) is 0. The molecule has 1 atom stereocenters. The predicted octanol–water partition coefficient (Wildman–Crippen LogP) is 6.48. The van der Waals surface area contributed by atoms with Gasteiger partial charge in [-0.3, -0.25) is 4.99 Å². The first-order valence-electron chi connectivity index (χ1n) is 11.7. The van der Waals surface area contributed by atoms with E-state index < -0.39 is 11.6 Å². The zero-order chi connectivity index (χ0) is 24.0. The van der Waals surface area contributed by atoms with E-state index >= 15 is 0 Å². The molecule has 0 fully saturated rings. The van der Waals surface area contributed by atoms with Gasteiger partial charge in [0.05, 0.1) is 6.04 Å². The fourth-order valence-corrected chi connectivity index (χ4v) is 4.40. The first kappa shape index (κ1) is 23.5. The van der Waals surface area contributed by atoms with Gasteiger partial charge in [0.1, 0.15) is 11.4 Å². The maximum absolute atomic E-state index is 12.4. The summed E-state index contributed by atoms with van der Waals surface area (Å²) in [6, 6.07) is 34.7. The lowest BCUT2D eigenvalue weighted by Crippen LogP contribution is -2.41. The van der Waals surface area contributed by atoms with Crippen LogP contribution in [0.1, 0.15) is 47.6 Å². The lowest BCUT2D eigenvalue weighted by molar-refractivity contribution is 0.0528. The minimum absolute atomic E-state index is 0.194. The van der Waals surface area contributed by atoms with Gasteiger partial charge in [-0.05, 0) is 40.7 Å². The van der Waals surface area contributed by atoms with Gasteiger partial charge in [-0.2, -0.15) is 0 Å². The maximum atomic E-state index is 12.4. The number of rotatable bonds is 8. The number of hydrogen-bond acceptors (Lipinski definition) is 3. The fourth-order valence-electron chi connectivity index (χ4n) is 4.40. The zero-order valence-electron chi connectivity index (χ0n) is 19.7. The highest BCUT2D eigenvalue weighted by atomic mass is 16.3. The Morgan fingerprint density at radius 3 is 1.79 bits per heavy atom. The first-order chi connectivity index (χ1) is 16.5. The number of para-hydroxylation sites is 1. The van der Waals surface area contributed by atoms with Gasteiger partial charge in [0.2, 0.25) is 0 Å². The molecule has 0 saturated carbocycles. The molecule has 0 unspecified atom stereocenters. The predicted molar refractivity (Wildman–Crippen MR) is 140 cm³/mol. The molecule has 3 nitrogen and oxygen atoms in total. The van der Waals surface area contributed by atoms with Crippen LogP contribution in [0.25, 0.3) is 0 Å². The highest BCUT2D eigenvalue weighted by Crippen LogP contribution is 2.37. The normalized spacial score (nSPS) is 12.8. The van der Waals surface area contributed by atoms with Crippen molar-refractivity contribution in [2.45, 2.75) is 37.8 Å². The highest BCUT2D eigenvalue weighted by molar-refractivity contribution is 5.84. The van der Waals surface area contributed by atoms with Gasteiger partial charge in [0, 0.05) is 11.8 Å². The van der Waals surface area contributed by atoms with Crippen molar-refractivity contribution in [2.75, 3.05) is 0 Å². The minimum Gasteiger partial charge on any atom is -0.507 e. The maximum Gasteiger partial charge on any atom is 0.137 e. The van der Waals surface area contributed by atoms with E-state index in [4.69, 9.17) is 4.99 Å². The van der Waals surface area contributed by atoms with Crippen LogP contribution in [-0.2, 0) is 12.0 Å². The number of aliphatic imine (C=N–C) groups is 1. The molecule has 3 heteroatoms. The van der Waals surface area contributed by atoms with E-state index in [1.807, 2.05) is 97.1 Å². The van der Waals surface area contributed by atoms with Crippen LogP contribution in [0.2, 0.25) is 0 Å². The van der Waals surface area contributed by atoms with Crippen molar-refractivity contribution in [3.05, 3.63) is 137 Å². The molecule has 0 heterocycles. The van der Waals surface area contributed by atoms with Crippen molar-refractivity contribution in [3.63, 3.8) is 0 Å². The standard InChI is InChI=1S/C31H31NO2/c1-23(2)28-20-12-15-25(30(28)33)22-32-29(21-24-13-6-3-7-14-24)31(34,26-16-8-4-9-17-26)27-18-10-5-11-19-27/h3-20,22-23,29,33-34H,21H2,1-2H3/t29-/m0/s1. The van der Waals surface area contributed by atoms with Crippen LogP contribution in [0, 0.1) is 0 Å². The summed E-state index contributed by atoms with van der Waals surface area (Å²) in [5, 5.41) is 23.2. The Labute approximate surface area is 202 Å². The van der Waals surface area contributed by atoms with E-state index in [0.29, 0.717) is 12.0 Å². The summed E-state index contributed by atoms with van der Waals surface area (Å²) in [5.74, 6) is 0.432. The molecule has 0 aliphatic heterocycles. The van der Waals surface area contributed by atoms with Crippen molar-refractivity contribution in [3.8, 4) is 5.75 Å². The SMILES string of the molecule is CC(C)c1cccc(C=N[C@@H](Cc2ccccc2)C(O)(c2ccccc2)c2ccccc2)c1O. The van der Waals surface area contributed by atoms with Gasteiger partial charge in [-0.1, -0.05) is 117 Å². The van der Waals surface area contributed by atoms with Gasteiger partial charge < -0.3 is 10.2 Å². The Bertz CT molecular complexity index is 1180. The number of benzene rings is 4. The van der Waals surface area contributed by atoms with Gasteiger partial charge >= 0.3 is 0 Å². The molecule has 0 aliphatic carbocycles. The molecule has 4 rings (SSSR count).